The Hall–Kier alpha value is -1.87. The molecule has 3 heteroatoms. The molecule has 0 radical (unpaired) electrons. The molecule has 94 valence electrons. The number of ether oxygens (including phenoxy) is 1. The van der Waals surface area contributed by atoms with E-state index in [1.807, 2.05) is 37.3 Å². The smallest absolute Gasteiger partial charge is 0.124 e. The highest BCUT2D eigenvalue weighted by molar-refractivity contribution is 5.39. The van der Waals surface area contributed by atoms with Gasteiger partial charge in [-0.2, -0.15) is 0 Å². The average Bonchev–Trinajstić information content (AvgIpc) is 2.40. The third-order valence-electron chi connectivity index (χ3n) is 2.90. The molecule has 0 bridgehead atoms. The molecule has 1 aromatic heterocycles. The van der Waals surface area contributed by atoms with E-state index in [-0.39, 0.29) is 0 Å². The zero-order valence-electron chi connectivity index (χ0n) is 10.6. The minimum absolute atomic E-state index is 0.535. The molecule has 0 aliphatic carbocycles. The third-order valence-corrected chi connectivity index (χ3v) is 2.90. The molecule has 0 spiro atoms. The number of benzene rings is 1. The first-order valence-electron chi connectivity index (χ1n) is 5.92. The first kappa shape index (κ1) is 12.6. The van der Waals surface area contributed by atoms with Gasteiger partial charge in [0.2, 0.25) is 0 Å². The van der Waals surface area contributed by atoms with Crippen molar-refractivity contribution in [3.05, 3.63) is 59.4 Å². The number of aryl methyl sites for hydroxylation is 1. The van der Waals surface area contributed by atoms with Crippen molar-refractivity contribution in [2.75, 3.05) is 7.11 Å². The van der Waals surface area contributed by atoms with E-state index in [2.05, 4.69) is 4.98 Å². The van der Waals surface area contributed by atoms with E-state index in [4.69, 9.17) is 4.74 Å². The van der Waals surface area contributed by atoms with Crippen LogP contribution in [-0.4, -0.2) is 17.2 Å². The summed E-state index contributed by atoms with van der Waals surface area (Å²) < 4.78 is 5.28. The molecule has 0 aliphatic rings. The zero-order valence-corrected chi connectivity index (χ0v) is 10.6. The fourth-order valence-corrected chi connectivity index (χ4v) is 1.97. The highest BCUT2D eigenvalue weighted by Crippen LogP contribution is 2.28. The van der Waals surface area contributed by atoms with E-state index in [0.29, 0.717) is 6.42 Å². The molecule has 0 aliphatic heterocycles. The van der Waals surface area contributed by atoms with Crippen LogP contribution in [0.25, 0.3) is 0 Å². The van der Waals surface area contributed by atoms with Crippen LogP contribution in [0.1, 0.15) is 22.8 Å². The Labute approximate surface area is 107 Å². The molecule has 0 amide bonds. The van der Waals surface area contributed by atoms with Crippen molar-refractivity contribution in [3.63, 3.8) is 0 Å². The summed E-state index contributed by atoms with van der Waals surface area (Å²) in [6.45, 7) is 2.00. The highest BCUT2D eigenvalue weighted by Gasteiger charge is 2.14. The van der Waals surface area contributed by atoms with Gasteiger partial charge in [-0.3, -0.25) is 4.98 Å². The number of aliphatic hydroxyl groups is 1. The summed E-state index contributed by atoms with van der Waals surface area (Å²) in [6.07, 6.45) is 3.45. The van der Waals surface area contributed by atoms with Crippen molar-refractivity contribution in [1.82, 2.24) is 4.98 Å². The van der Waals surface area contributed by atoms with Crippen molar-refractivity contribution >= 4 is 0 Å². The van der Waals surface area contributed by atoms with E-state index < -0.39 is 6.10 Å². The molecule has 0 saturated heterocycles. The third kappa shape index (κ3) is 2.87. The first-order chi connectivity index (χ1) is 8.70. The molecule has 1 N–H and O–H groups in total. The van der Waals surface area contributed by atoms with Gasteiger partial charge in [-0.15, -0.1) is 0 Å². The lowest BCUT2D eigenvalue weighted by Gasteiger charge is -2.15. The Morgan fingerprint density at radius 2 is 2.17 bits per heavy atom. The van der Waals surface area contributed by atoms with Crippen LogP contribution in [-0.2, 0) is 6.42 Å². The van der Waals surface area contributed by atoms with Gasteiger partial charge in [0.15, 0.2) is 0 Å². The number of nitrogens with zero attached hydrogens (tertiary/aromatic N) is 1. The summed E-state index contributed by atoms with van der Waals surface area (Å²) >= 11 is 0. The second-order valence-corrected chi connectivity index (χ2v) is 4.33. The van der Waals surface area contributed by atoms with Gasteiger partial charge in [-0.1, -0.05) is 17.7 Å². The number of aromatic nitrogens is 1. The Kier molecular flexibility index (Phi) is 3.95. The first-order valence-corrected chi connectivity index (χ1v) is 5.92. The summed E-state index contributed by atoms with van der Waals surface area (Å²) in [6, 6.07) is 9.64. The molecule has 1 heterocycles. The van der Waals surface area contributed by atoms with Gasteiger partial charge in [0.25, 0.3) is 0 Å². The Bertz CT molecular complexity index is 511. The van der Waals surface area contributed by atoms with Crippen molar-refractivity contribution in [3.8, 4) is 5.75 Å². The average molecular weight is 243 g/mol. The fraction of sp³-hybridized carbons (Fsp3) is 0.267. The lowest BCUT2D eigenvalue weighted by atomic mass is 10.00. The van der Waals surface area contributed by atoms with Crippen LogP contribution in [0.3, 0.4) is 0 Å². The van der Waals surface area contributed by atoms with E-state index in [9.17, 15) is 5.11 Å². The fourth-order valence-electron chi connectivity index (χ4n) is 1.97. The lowest BCUT2D eigenvalue weighted by molar-refractivity contribution is 0.174. The predicted molar refractivity (Wildman–Crippen MR) is 70.6 cm³/mol. The van der Waals surface area contributed by atoms with Gasteiger partial charge < -0.3 is 9.84 Å². The molecule has 1 atom stereocenters. The summed E-state index contributed by atoms with van der Waals surface area (Å²) in [5.41, 5.74) is 2.94. The quantitative estimate of drug-likeness (QED) is 0.897. The minimum atomic E-state index is -0.580. The number of hydrogen-bond donors (Lipinski definition) is 1. The Balaban J connectivity index is 2.23. The van der Waals surface area contributed by atoms with E-state index in [0.717, 1.165) is 22.4 Å². The van der Waals surface area contributed by atoms with Gasteiger partial charge in [0.05, 0.1) is 13.2 Å². The summed E-state index contributed by atoms with van der Waals surface area (Å²) in [5.74, 6) is 0.719. The van der Waals surface area contributed by atoms with Crippen LogP contribution in [0.2, 0.25) is 0 Å². The molecule has 2 rings (SSSR count). The summed E-state index contributed by atoms with van der Waals surface area (Å²) in [5, 5.41) is 10.3. The minimum Gasteiger partial charge on any atom is -0.496 e. The van der Waals surface area contributed by atoms with Crippen molar-refractivity contribution in [1.29, 1.82) is 0 Å². The van der Waals surface area contributed by atoms with Gasteiger partial charge >= 0.3 is 0 Å². The van der Waals surface area contributed by atoms with Gasteiger partial charge in [0, 0.05) is 24.4 Å². The molecular formula is C15H17NO2. The number of methoxy groups -OCH3 is 1. The molecule has 1 aromatic carbocycles. The molecular weight excluding hydrogens is 226 g/mol. The number of aliphatic hydroxyl groups excluding tert-OH is 1. The monoisotopic (exact) mass is 243 g/mol. The SMILES string of the molecule is COc1ccc(C)cc1C(O)Cc1cccnc1. The van der Waals surface area contributed by atoms with Crippen LogP contribution in [0.5, 0.6) is 5.75 Å². The molecule has 1 unspecified atom stereocenters. The van der Waals surface area contributed by atoms with Crippen LogP contribution in [0, 0.1) is 6.92 Å². The number of pyridine rings is 1. The maximum Gasteiger partial charge on any atom is 0.124 e. The number of hydrogen-bond acceptors (Lipinski definition) is 3. The van der Waals surface area contributed by atoms with Gasteiger partial charge in [-0.25, -0.2) is 0 Å². The predicted octanol–water partition coefficient (Wildman–Crippen LogP) is 2.67. The molecule has 2 aromatic rings. The van der Waals surface area contributed by atoms with E-state index in [1.54, 1.807) is 19.5 Å². The molecule has 3 nitrogen and oxygen atoms in total. The topological polar surface area (TPSA) is 42.4 Å². The second-order valence-electron chi connectivity index (χ2n) is 4.33. The highest BCUT2D eigenvalue weighted by atomic mass is 16.5. The van der Waals surface area contributed by atoms with E-state index >= 15 is 0 Å². The Morgan fingerprint density at radius 3 is 2.83 bits per heavy atom. The molecule has 18 heavy (non-hydrogen) atoms. The van der Waals surface area contributed by atoms with Crippen LogP contribution in [0.4, 0.5) is 0 Å². The van der Waals surface area contributed by atoms with Crippen molar-refractivity contribution in [2.24, 2.45) is 0 Å². The van der Waals surface area contributed by atoms with Crippen molar-refractivity contribution in [2.45, 2.75) is 19.4 Å². The standard InChI is InChI=1S/C15H17NO2/c1-11-5-6-15(18-2)13(8-11)14(17)9-12-4-3-7-16-10-12/h3-8,10,14,17H,9H2,1-2H3. The lowest BCUT2D eigenvalue weighted by Crippen LogP contribution is -2.04. The maximum atomic E-state index is 10.3. The summed E-state index contributed by atoms with van der Waals surface area (Å²) in [4.78, 5) is 4.05. The van der Waals surface area contributed by atoms with E-state index in [1.165, 1.54) is 0 Å². The normalized spacial score (nSPS) is 12.2. The van der Waals surface area contributed by atoms with Crippen molar-refractivity contribution < 1.29 is 9.84 Å². The molecule has 0 saturated carbocycles. The summed E-state index contributed by atoms with van der Waals surface area (Å²) in [7, 11) is 1.62. The number of rotatable bonds is 4. The van der Waals surface area contributed by atoms with Crippen LogP contribution >= 0.6 is 0 Å². The van der Waals surface area contributed by atoms with Crippen LogP contribution in [0.15, 0.2) is 42.7 Å². The zero-order chi connectivity index (χ0) is 13.0. The largest absolute Gasteiger partial charge is 0.496 e. The maximum absolute atomic E-state index is 10.3. The Morgan fingerprint density at radius 1 is 1.33 bits per heavy atom. The van der Waals surface area contributed by atoms with Gasteiger partial charge in [-0.05, 0) is 30.7 Å². The van der Waals surface area contributed by atoms with Crippen LogP contribution < -0.4 is 4.74 Å². The van der Waals surface area contributed by atoms with Gasteiger partial charge in [0.1, 0.15) is 5.75 Å². The molecule has 0 fully saturated rings. The second kappa shape index (κ2) is 5.65.